The van der Waals surface area contributed by atoms with Crippen molar-refractivity contribution in [2.75, 3.05) is 39.3 Å². The molecule has 2 unspecified atom stereocenters. The van der Waals surface area contributed by atoms with Crippen LogP contribution in [0.3, 0.4) is 0 Å². The molecule has 21 heavy (non-hydrogen) atoms. The topological polar surface area (TPSA) is 45.3 Å². The van der Waals surface area contributed by atoms with Crippen LogP contribution < -0.4 is 16.0 Å². The molecule has 3 aliphatic heterocycles. The highest BCUT2D eigenvalue weighted by Gasteiger charge is 2.12. The summed E-state index contributed by atoms with van der Waals surface area (Å²) >= 11 is 0. The molecule has 3 fully saturated rings. The van der Waals surface area contributed by atoms with Gasteiger partial charge in [-0.25, -0.2) is 0 Å². The summed E-state index contributed by atoms with van der Waals surface area (Å²) in [5.74, 6) is 0.973. The van der Waals surface area contributed by atoms with Gasteiger partial charge in [0.1, 0.15) is 0 Å². The minimum atomic E-state index is 0.402. The van der Waals surface area contributed by atoms with Crippen LogP contribution in [0.15, 0.2) is 0 Å². The van der Waals surface area contributed by atoms with Gasteiger partial charge in [0.2, 0.25) is 0 Å². The van der Waals surface area contributed by atoms with E-state index in [0.717, 1.165) is 19.0 Å². The number of morpholine rings is 1. The lowest BCUT2D eigenvalue weighted by atomic mass is 10.0. The molecule has 0 aromatic carbocycles. The summed E-state index contributed by atoms with van der Waals surface area (Å²) in [6.45, 7) is 13.5. The zero-order valence-corrected chi connectivity index (χ0v) is 14.4. The zero-order valence-electron chi connectivity index (χ0n) is 14.4. The maximum atomic E-state index is 5.42. The highest BCUT2D eigenvalue weighted by molar-refractivity contribution is 4.67. The van der Waals surface area contributed by atoms with Crippen LogP contribution in [0.4, 0.5) is 0 Å². The van der Waals surface area contributed by atoms with E-state index in [-0.39, 0.29) is 0 Å². The monoisotopic (exact) mass is 299 g/mol. The standard InChI is InChI=1S/C6H13NO.C6H13N.C5H11N/c1-5-3-7-4-6(2)8-5;1-6-2-4-7-5-3-6;1-2-4-6-5-3-1/h5-7H,3-4H2,1-2H3;6-7H,2-5H2,1H3;6H,1-5H2. The predicted molar refractivity (Wildman–Crippen MR) is 90.9 cm³/mol. The Hall–Kier alpha value is -0.160. The molecule has 0 aromatic heterocycles. The molecule has 0 spiro atoms. The number of rotatable bonds is 0. The van der Waals surface area contributed by atoms with E-state index >= 15 is 0 Å². The first-order valence-electron chi connectivity index (χ1n) is 8.96. The third kappa shape index (κ3) is 11.1. The average molecular weight is 300 g/mol. The summed E-state index contributed by atoms with van der Waals surface area (Å²) in [4.78, 5) is 0. The summed E-state index contributed by atoms with van der Waals surface area (Å²) in [7, 11) is 0. The minimum absolute atomic E-state index is 0.402. The van der Waals surface area contributed by atoms with Crippen LogP contribution >= 0.6 is 0 Å². The molecule has 0 radical (unpaired) electrons. The minimum Gasteiger partial charge on any atom is -0.373 e. The van der Waals surface area contributed by atoms with Crippen molar-refractivity contribution in [3.63, 3.8) is 0 Å². The van der Waals surface area contributed by atoms with E-state index in [1.807, 2.05) is 0 Å². The van der Waals surface area contributed by atoms with Crippen LogP contribution in [0, 0.1) is 5.92 Å². The van der Waals surface area contributed by atoms with Gasteiger partial charge >= 0.3 is 0 Å². The predicted octanol–water partition coefficient (Wildman–Crippen LogP) is 2.15. The van der Waals surface area contributed by atoms with Gasteiger partial charge in [0.25, 0.3) is 0 Å². The Morgan fingerprint density at radius 2 is 1.19 bits per heavy atom. The third-order valence-corrected chi connectivity index (χ3v) is 4.16. The van der Waals surface area contributed by atoms with Gasteiger partial charge < -0.3 is 20.7 Å². The lowest BCUT2D eigenvalue weighted by molar-refractivity contribution is -0.0166. The Kier molecular flexibility index (Phi) is 11.1. The van der Waals surface area contributed by atoms with Crippen molar-refractivity contribution in [1.82, 2.24) is 16.0 Å². The smallest absolute Gasteiger partial charge is 0.0675 e. The maximum Gasteiger partial charge on any atom is 0.0675 e. The average Bonchev–Trinajstić information content (AvgIpc) is 2.51. The molecule has 0 bridgehead atoms. The molecule has 0 aromatic rings. The lowest BCUT2D eigenvalue weighted by Crippen LogP contribution is -2.41. The zero-order chi connectivity index (χ0) is 15.3. The summed E-state index contributed by atoms with van der Waals surface area (Å²) in [5, 5.41) is 9.86. The second-order valence-electron chi connectivity index (χ2n) is 6.66. The summed E-state index contributed by atoms with van der Waals surface area (Å²) in [6.07, 6.45) is 7.77. The Morgan fingerprint density at radius 3 is 1.43 bits per heavy atom. The van der Waals surface area contributed by atoms with E-state index in [1.165, 1.54) is 58.3 Å². The Bertz CT molecular complexity index is 209. The molecule has 3 heterocycles. The fraction of sp³-hybridized carbons (Fsp3) is 1.00. The van der Waals surface area contributed by atoms with E-state index in [9.17, 15) is 0 Å². The highest BCUT2D eigenvalue weighted by Crippen LogP contribution is 2.08. The van der Waals surface area contributed by atoms with E-state index in [1.54, 1.807) is 0 Å². The van der Waals surface area contributed by atoms with Crippen LogP contribution in [-0.2, 0) is 4.74 Å². The first kappa shape index (κ1) is 18.9. The fourth-order valence-electron chi connectivity index (χ4n) is 2.75. The van der Waals surface area contributed by atoms with Gasteiger partial charge in [0, 0.05) is 13.1 Å². The molecule has 3 aliphatic rings. The molecule has 0 saturated carbocycles. The van der Waals surface area contributed by atoms with Gasteiger partial charge in [-0.1, -0.05) is 13.3 Å². The third-order valence-electron chi connectivity index (χ3n) is 4.16. The largest absolute Gasteiger partial charge is 0.373 e. The van der Waals surface area contributed by atoms with E-state index in [0.29, 0.717) is 12.2 Å². The van der Waals surface area contributed by atoms with Crippen molar-refractivity contribution in [2.45, 2.75) is 65.1 Å². The molecule has 4 nitrogen and oxygen atoms in total. The van der Waals surface area contributed by atoms with Crippen molar-refractivity contribution in [3.8, 4) is 0 Å². The van der Waals surface area contributed by atoms with Crippen molar-refractivity contribution >= 4 is 0 Å². The molecule has 0 amide bonds. The Morgan fingerprint density at radius 1 is 0.667 bits per heavy atom. The second-order valence-corrected chi connectivity index (χ2v) is 6.66. The molecule has 3 rings (SSSR count). The van der Waals surface area contributed by atoms with Crippen molar-refractivity contribution in [2.24, 2.45) is 5.92 Å². The van der Waals surface area contributed by atoms with Gasteiger partial charge in [-0.2, -0.15) is 0 Å². The van der Waals surface area contributed by atoms with Crippen LogP contribution in [0.1, 0.15) is 52.9 Å². The SMILES string of the molecule is C1CCNCC1.CC1CCNCC1.CC1CNCC(C)O1. The van der Waals surface area contributed by atoms with Crippen molar-refractivity contribution in [1.29, 1.82) is 0 Å². The van der Waals surface area contributed by atoms with E-state index < -0.39 is 0 Å². The van der Waals surface area contributed by atoms with Crippen molar-refractivity contribution < 1.29 is 4.74 Å². The van der Waals surface area contributed by atoms with E-state index in [4.69, 9.17) is 4.74 Å². The molecular weight excluding hydrogens is 262 g/mol. The highest BCUT2D eigenvalue weighted by atomic mass is 16.5. The summed E-state index contributed by atoms with van der Waals surface area (Å²) < 4.78 is 5.42. The van der Waals surface area contributed by atoms with Gasteiger partial charge in [-0.15, -0.1) is 0 Å². The number of ether oxygens (including phenoxy) is 1. The molecule has 126 valence electrons. The van der Waals surface area contributed by atoms with Gasteiger partial charge in [-0.3, -0.25) is 0 Å². The normalized spacial score (nSPS) is 30.4. The summed E-state index contributed by atoms with van der Waals surface area (Å²) in [5.41, 5.74) is 0. The van der Waals surface area contributed by atoms with Gasteiger partial charge in [0.05, 0.1) is 12.2 Å². The molecule has 3 saturated heterocycles. The molecule has 0 aliphatic carbocycles. The second kappa shape index (κ2) is 12.4. The van der Waals surface area contributed by atoms with E-state index in [2.05, 4.69) is 36.7 Å². The number of hydrogen-bond donors (Lipinski definition) is 3. The Labute approximate surface area is 131 Å². The molecule has 2 atom stereocenters. The molecule has 3 N–H and O–H groups in total. The fourth-order valence-corrected chi connectivity index (χ4v) is 2.75. The van der Waals surface area contributed by atoms with Gasteiger partial charge in [0.15, 0.2) is 0 Å². The van der Waals surface area contributed by atoms with Crippen LogP contribution in [0.2, 0.25) is 0 Å². The number of hydrogen-bond acceptors (Lipinski definition) is 4. The first-order chi connectivity index (χ1) is 10.2. The maximum absolute atomic E-state index is 5.42. The number of nitrogens with one attached hydrogen (secondary N) is 3. The van der Waals surface area contributed by atoms with Crippen LogP contribution in [0.25, 0.3) is 0 Å². The van der Waals surface area contributed by atoms with Crippen LogP contribution in [-0.4, -0.2) is 51.5 Å². The van der Waals surface area contributed by atoms with Crippen LogP contribution in [0.5, 0.6) is 0 Å². The first-order valence-corrected chi connectivity index (χ1v) is 8.96. The Balaban J connectivity index is 0.000000159. The number of piperidine rings is 2. The lowest BCUT2D eigenvalue weighted by Gasteiger charge is -2.25. The summed E-state index contributed by atoms with van der Waals surface area (Å²) in [6, 6.07) is 0. The molecular formula is C17H37N3O. The quantitative estimate of drug-likeness (QED) is 0.641. The van der Waals surface area contributed by atoms with Gasteiger partial charge in [-0.05, 0) is 71.6 Å². The van der Waals surface area contributed by atoms with Crippen molar-refractivity contribution in [3.05, 3.63) is 0 Å². The molecule has 4 heteroatoms.